The lowest BCUT2D eigenvalue weighted by molar-refractivity contribution is -0.0504. The monoisotopic (exact) mass is 205 g/mol. The minimum atomic E-state index is -0.471. The third-order valence-corrected chi connectivity index (χ3v) is 1.92. The number of carbonyl (C=O) groups excluding carboxylic acids is 1. The maximum Gasteiger partial charge on any atom is 0.410 e. The molecular weight excluding hydrogens is 190 g/mol. The van der Waals surface area contributed by atoms with E-state index in [9.17, 15) is 4.79 Å². The molecule has 0 spiro atoms. The van der Waals surface area contributed by atoms with E-state index in [0.717, 1.165) is 0 Å². The van der Waals surface area contributed by atoms with Crippen molar-refractivity contribution in [1.29, 1.82) is 0 Å². The predicted molar refractivity (Wildman–Crippen MR) is 46.8 cm³/mol. The molecule has 0 aromatic carbocycles. The van der Waals surface area contributed by atoms with Gasteiger partial charge in [0.25, 0.3) is 0 Å². The number of hydrogen-bond donors (Lipinski definition) is 2. The number of morpholine rings is 1. The summed E-state index contributed by atoms with van der Waals surface area (Å²) < 4.78 is 9.89. The van der Waals surface area contributed by atoms with Gasteiger partial charge in [0.15, 0.2) is 0 Å². The summed E-state index contributed by atoms with van der Waals surface area (Å²) in [7, 11) is 0. The molecule has 0 bridgehead atoms. The van der Waals surface area contributed by atoms with Gasteiger partial charge in [0, 0.05) is 6.54 Å². The van der Waals surface area contributed by atoms with Crippen LogP contribution in [-0.2, 0) is 9.47 Å². The van der Waals surface area contributed by atoms with Crippen molar-refractivity contribution in [2.24, 2.45) is 0 Å². The summed E-state index contributed by atoms with van der Waals surface area (Å²) >= 11 is 0. The maximum atomic E-state index is 11.3. The smallest absolute Gasteiger partial charge is 0.410 e. The fourth-order valence-electron chi connectivity index (χ4n) is 1.22. The lowest BCUT2D eigenvalue weighted by Gasteiger charge is -2.31. The molecule has 0 aromatic rings. The lowest BCUT2D eigenvalue weighted by Crippen LogP contribution is -2.47. The quantitative estimate of drug-likeness (QED) is 0.605. The second-order valence-corrected chi connectivity index (χ2v) is 2.96. The van der Waals surface area contributed by atoms with Crippen LogP contribution in [0.15, 0.2) is 0 Å². The van der Waals surface area contributed by atoms with Crippen molar-refractivity contribution in [2.75, 3.05) is 39.5 Å². The molecule has 0 aliphatic carbocycles. The number of nitrogens with zero attached hydrogens (tertiary/aromatic N) is 1. The highest BCUT2D eigenvalue weighted by molar-refractivity contribution is 5.67. The van der Waals surface area contributed by atoms with Gasteiger partial charge in [-0.3, -0.25) is 0 Å². The number of amides is 1. The third kappa shape index (κ3) is 3.13. The first-order valence-electron chi connectivity index (χ1n) is 4.53. The van der Waals surface area contributed by atoms with Crippen LogP contribution in [0.5, 0.6) is 0 Å². The SMILES string of the molecule is O=C(OCCO)N1CCOC(CO)C1. The van der Waals surface area contributed by atoms with Gasteiger partial charge in [0.1, 0.15) is 6.61 Å². The fraction of sp³-hybridized carbons (Fsp3) is 0.875. The van der Waals surface area contributed by atoms with Gasteiger partial charge in [-0.05, 0) is 0 Å². The molecule has 1 rings (SSSR count). The molecule has 1 aliphatic heterocycles. The zero-order valence-corrected chi connectivity index (χ0v) is 7.89. The van der Waals surface area contributed by atoms with Crippen LogP contribution in [0.2, 0.25) is 0 Å². The zero-order chi connectivity index (χ0) is 10.4. The maximum absolute atomic E-state index is 11.3. The number of rotatable bonds is 3. The molecule has 6 heteroatoms. The average Bonchev–Trinajstić information content (AvgIpc) is 2.26. The molecule has 1 atom stereocenters. The van der Waals surface area contributed by atoms with Crippen LogP contribution < -0.4 is 0 Å². The van der Waals surface area contributed by atoms with E-state index in [1.807, 2.05) is 0 Å². The van der Waals surface area contributed by atoms with E-state index in [2.05, 4.69) is 0 Å². The van der Waals surface area contributed by atoms with E-state index in [1.165, 1.54) is 4.90 Å². The summed E-state index contributed by atoms with van der Waals surface area (Å²) in [5.41, 5.74) is 0. The highest BCUT2D eigenvalue weighted by atomic mass is 16.6. The van der Waals surface area contributed by atoms with Crippen molar-refractivity contribution in [3.63, 3.8) is 0 Å². The van der Waals surface area contributed by atoms with Gasteiger partial charge in [0.2, 0.25) is 0 Å². The van der Waals surface area contributed by atoms with Crippen LogP contribution in [0, 0.1) is 0 Å². The van der Waals surface area contributed by atoms with Crippen LogP contribution in [0.4, 0.5) is 4.79 Å². The third-order valence-electron chi connectivity index (χ3n) is 1.92. The van der Waals surface area contributed by atoms with Gasteiger partial charge in [-0.2, -0.15) is 0 Å². The van der Waals surface area contributed by atoms with Gasteiger partial charge in [0.05, 0.1) is 32.5 Å². The molecule has 2 N–H and O–H groups in total. The Morgan fingerprint density at radius 2 is 2.36 bits per heavy atom. The zero-order valence-electron chi connectivity index (χ0n) is 7.89. The summed E-state index contributed by atoms with van der Waals surface area (Å²) in [5, 5.41) is 17.3. The highest BCUT2D eigenvalue weighted by Crippen LogP contribution is 2.05. The first-order chi connectivity index (χ1) is 6.77. The normalized spacial score (nSPS) is 22.1. The van der Waals surface area contributed by atoms with Crippen LogP contribution >= 0.6 is 0 Å². The minimum absolute atomic E-state index is 0.0000177. The summed E-state index contributed by atoms with van der Waals surface area (Å²) in [6.45, 7) is 0.907. The van der Waals surface area contributed by atoms with Crippen molar-refractivity contribution in [3.05, 3.63) is 0 Å². The Morgan fingerprint density at radius 1 is 1.57 bits per heavy atom. The summed E-state index contributed by atoms with van der Waals surface area (Å²) in [6.07, 6.45) is -0.800. The topological polar surface area (TPSA) is 79.2 Å². The molecule has 1 saturated heterocycles. The molecule has 1 heterocycles. The molecule has 0 radical (unpaired) electrons. The van der Waals surface area contributed by atoms with Crippen LogP contribution in [0.3, 0.4) is 0 Å². The van der Waals surface area contributed by atoms with Crippen molar-refractivity contribution in [3.8, 4) is 0 Å². The molecule has 6 nitrogen and oxygen atoms in total. The average molecular weight is 205 g/mol. The Bertz CT molecular complexity index is 187. The Hall–Kier alpha value is -0.850. The molecule has 82 valence electrons. The Morgan fingerprint density at radius 3 is 3.00 bits per heavy atom. The van der Waals surface area contributed by atoms with Crippen molar-refractivity contribution < 1.29 is 24.5 Å². The molecule has 1 aliphatic rings. The summed E-state index contributed by atoms with van der Waals surface area (Å²) in [5.74, 6) is 0. The Labute approximate surface area is 82.0 Å². The van der Waals surface area contributed by atoms with E-state index in [-0.39, 0.29) is 25.9 Å². The van der Waals surface area contributed by atoms with Crippen LogP contribution in [0.1, 0.15) is 0 Å². The van der Waals surface area contributed by atoms with E-state index in [1.54, 1.807) is 0 Å². The van der Waals surface area contributed by atoms with Crippen molar-refractivity contribution >= 4 is 6.09 Å². The van der Waals surface area contributed by atoms with Gasteiger partial charge >= 0.3 is 6.09 Å². The number of aliphatic hydroxyl groups is 2. The van der Waals surface area contributed by atoms with Gasteiger partial charge in [-0.15, -0.1) is 0 Å². The van der Waals surface area contributed by atoms with E-state index in [4.69, 9.17) is 19.7 Å². The van der Waals surface area contributed by atoms with Crippen molar-refractivity contribution in [1.82, 2.24) is 4.90 Å². The Kier molecular flexibility index (Phi) is 4.64. The fourth-order valence-corrected chi connectivity index (χ4v) is 1.22. The van der Waals surface area contributed by atoms with Gasteiger partial charge in [-0.1, -0.05) is 0 Å². The standard InChI is InChI=1S/C8H15NO5/c10-2-4-14-8(12)9-1-3-13-7(5-9)6-11/h7,10-11H,1-6H2. The van der Waals surface area contributed by atoms with E-state index >= 15 is 0 Å². The molecule has 0 saturated carbocycles. The molecular formula is C8H15NO5. The Balaban J connectivity index is 2.31. The summed E-state index contributed by atoms with van der Waals surface area (Å²) in [6, 6.07) is 0. The van der Waals surface area contributed by atoms with E-state index in [0.29, 0.717) is 19.7 Å². The van der Waals surface area contributed by atoms with Crippen LogP contribution in [0.25, 0.3) is 0 Å². The molecule has 14 heavy (non-hydrogen) atoms. The van der Waals surface area contributed by atoms with Crippen LogP contribution in [-0.4, -0.2) is 66.8 Å². The lowest BCUT2D eigenvalue weighted by atomic mass is 10.3. The van der Waals surface area contributed by atoms with E-state index < -0.39 is 6.09 Å². The molecule has 1 amide bonds. The number of aliphatic hydroxyl groups excluding tert-OH is 2. The number of carbonyl (C=O) groups is 1. The summed E-state index contributed by atoms with van der Waals surface area (Å²) in [4.78, 5) is 12.7. The predicted octanol–water partition coefficient (Wildman–Crippen LogP) is -1.19. The minimum Gasteiger partial charge on any atom is -0.447 e. The molecule has 0 aromatic heterocycles. The van der Waals surface area contributed by atoms with Gasteiger partial charge < -0.3 is 24.6 Å². The van der Waals surface area contributed by atoms with Gasteiger partial charge in [-0.25, -0.2) is 4.79 Å². The highest BCUT2D eigenvalue weighted by Gasteiger charge is 2.24. The first kappa shape index (κ1) is 11.2. The molecule has 1 fully saturated rings. The van der Waals surface area contributed by atoms with Crippen molar-refractivity contribution in [2.45, 2.75) is 6.10 Å². The number of ether oxygens (including phenoxy) is 2. The largest absolute Gasteiger partial charge is 0.447 e. The molecule has 1 unspecified atom stereocenters. The second-order valence-electron chi connectivity index (χ2n) is 2.96. The first-order valence-corrected chi connectivity index (χ1v) is 4.53. The second kappa shape index (κ2) is 5.79. The number of hydrogen-bond acceptors (Lipinski definition) is 5.